The Bertz CT molecular complexity index is 1450. The molecule has 5 rings (SSSR count). The summed E-state index contributed by atoms with van der Waals surface area (Å²) >= 11 is 5.82. The summed E-state index contributed by atoms with van der Waals surface area (Å²) in [4.78, 5) is 19.6. The number of nitrogens with zero attached hydrogens (tertiary/aromatic N) is 3. The standard InChI is InChI=1S/C30H30FN5OS/c1-19-20(2)36(24-9-5-4-6-10-24)21(3)27(19)29-28(25-11-7-8-17-32-25)34-30(38)35(29)18-16-26(37)33-23-14-12-22(31)13-15-23/h4-15,17,28-29H,16,18H2,1-3H3,(H,33,37)(H,34,38)/t28-,29-/m0/s1. The van der Waals surface area contributed by atoms with E-state index < -0.39 is 0 Å². The zero-order valence-electron chi connectivity index (χ0n) is 21.6. The molecule has 0 bridgehead atoms. The van der Waals surface area contributed by atoms with Gasteiger partial charge in [0.25, 0.3) is 0 Å². The summed E-state index contributed by atoms with van der Waals surface area (Å²) in [6, 6.07) is 21.6. The van der Waals surface area contributed by atoms with Gasteiger partial charge in [0.2, 0.25) is 5.91 Å². The summed E-state index contributed by atoms with van der Waals surface area (Å²) < 4.78 is 15.5. The number of pyridine rings is 1. The third-order valence-electron chi connectivity index (χ3n) is 7.22. The summed E-state index contributed by atoms with van der Waals surface area (Å²) in [6.45, 7) is 6.84. The van der Waals surface area contributed by atoms with E-state index in [4.69, 9.17) is 12.2 Å². The fourth-order valence-corrected chi connectivity index (χ4v) is 5.68. The Labute approximate surface area is 227 Å². The molecule has 2 N–H and O–H groups in total. The van der Waals surface area contributed by atoms with Gasteiger partial charge in [-0.25, -0.2) is 4.39 Å². The highest BCUT2D eigenvalue weighted by Crippen LogP contribution is 2.43. The maximum absolute atomic E-state index is 13.3. The maximum Gasteiger partial charge on any atom is 0.226 e. The lowest BCUT2D eigenvalue weighted by molar-refractivity contribution is -0.116. The maximum atomic E-state index is 13.3. The van der Waals surface area contributed by atoms with E-state index in [9.17, 15) is 9.18 Å². The van der Waals surface area contributed by atoms with Crippen LogP contribution in [0.4, 0.5) is 10.1 Å². The van der Waals surface area contributed by atoms with E-state index in [1.165, 1.54) is 23.3 Å². The van der Waals surface area contributed by atoms with Crippen molar-refractivity contribution in [3.63, 3.8) is 0 Å². The largest absolute Gasteiger partial charge is 0.352 e. The Kier molecular flexibility index (Phi) is 7.24. The van der Waals surface area contributed by atoms with Crippen molar-refractivity contribution in [2.24, 2.45) is 0 Å². The third-order valence-corrected chi connectivity index (χ3v) is 7.58. The summed E-state index contributed by atoms with van der Waals surface area (Å²) in [6.07, 6.45) is 2.01. The highest BCUT2D eigenvalue weighted by atomic mass is 32.1. The fraction of sp³-hybridized carbons (Fsp3) is 0.233. The second-order valence-corrected chi connectivity index (χ2v) is 9.89. The summed E-state index contributed by atoms with van der Waals surface area (Å²) in [5.41, 5.74) is 7.20. The monoisotopic (exact) mass is 527 g/mol. The molecule has 1 aliphatic heterocycles. The first-order chi connectivity index (χ1) is 18.3. The molecule has 2 aromatic heterocycles. The van der Waals surface area contributed by atoms with Crippen LogP contribution in [0.2, 0.25) is 0 Å². The molecule has 194 valence electrons. The molecule has 0 aliphatic carbocycles. The number of thiocarbonyl (C=S) groups is 1. The molecular weight excluding hydrogens is 497 g/mol. The molecule has 3 heterocycles. The number of nitrogens with one attached hydrogen (secondary N) is 2. The topological polar surface area (TPSA) is 62.2 Å². The van der Waals surface area contributed by atoms with Gasteiger partial charge < -0.3 is 20.1 Å². The molecule has 1 amide bonds. The number of carbonyl (C=O) groups is 1. The second-order valence-electron chi connectivity index (χ2n) is 9.51. The number of benzene rings is 2. The van der Waals surface area contributed by atoms with Gasteiger partial charge in [0.05, 0.1) is 17.8 Å². The average Bonchev–Trinajstić information content (AvgIpc) is 3.36. The van der Waals surface area contributed by atoms with Crippen molar-refractivity contribution < 1.29 is 9.18 Å². The molecule has 38 heavy (non-hydrogen) atoms. The van der Waals surface area contributed by atoms with Gasteiger partial charge in [0.15, 0.2) is 5.11 Å². The molecule has 4 aromatic rings. The number of anilines is 1. The third kappa shape index (κ3) is 4.91. The zero-order valence-corrected chi connectivity index (χ0v) is 22.4. The van der Waals surface area contributed by atoms with Gasteiger partial charge in [-0.3, -0.25) is 9.78 Å². The fourth-order valence-electron chi connectivity index (χ4n) is 5.34. The first-order valence-corrected chi connectivity index (χ1v) is 13.0. The minimum atomic E-state index is -0.344. The lowest BCUT2D eigenvalue weighted by Crippen LogP contribution is -2.33. The summed E-state index contributed by atoms with van der Waals surface area (Å²) in [7, 11) is 0. The van der Waals surface area contributed by atoms with Crippen LogP contribution in [-0.2, 0) is 4.79 Å². The van der Waals surface area contributed by atoms with Crippen molar-refractivity contribution in [1.82, 2.24) is 19.8 Å². The quantitative estimate of drug-likeness (QED) is 0.292. The van der Waals surface area contributed by atoms with E-state index in [-0.39, 0.29) is 30.2 Å². The number of rotatable bonds is 7. The Morgan fingerprint density at radius 3 is 2.39 bits per heavy atom. The van der Waals surface area contributed by atoms with Gasteiger partial charge in [-0.2, -0.15) is 0 Å². The predicted octanol–water partition coefficient (Wildman–Crippen LogP) is 5.94. The van der Waals surface area contributed by atoms with Crippen LogP contribution in [0.1, 0.15) is 46.7 Å². The van der Waals surface area contributed by atoms with Gasteiger partial charge in [0, 0.05) is 47.5 Å². The molecule has 0 saturated carbocycles. The van der Waals surface area contributed by atoms with Crippen LogP contribution in [0, 0.1) is 26.6 Å². The van der Waals surface area contributed by atoms with Crippen LogP contribution in [-0.4, -0.2) is 32.0 Å². The van der Waals surface area contributed by atoms with Crippen molar-refractivity contribution in [3.8, 4) is 5.69 Å². The molecule has 1 saturated heterocycles. The SMILES string of the molecule is Cc1c([C@H]2[C@H](c3ccccn3)NC(=S)N2CCC(=O)Nc2ccc(F)cc2)c(C)n(-c2ccccc2)c1C. The van der Waals surface area contributed by atoms with Crippen LogP contribution in [0.3, 0.4) is 0 Å². The number of aromatic nitrogens is 2. The molecular formula is C30H30FN5OS. The van der Waals surface area contributed by atoms with Crippen LogP contribution < -0.4 is 10.6 Å². The first kappa shape index (κ1) is 25.6. The van der Waals surface area contributed by atoms with Crippen LogP contribution in [0.15, 0.2) is 79.0 Å². The van der Waals surface area contributed by atoms with Crippen LogP contribution in [0.25, 0.3) is 5.69 Å². The Balaban J connectivity index is 1.49. The molecule has 2 aromatic carbocycles. The van der Waals surface area contributed by atoms with E-state index in [1.807, 2.05) is 36.4 Å². The normalized spacial score (nSPS) is 16.9. The van der Waals surface area contributed by atoms with Gasteiger partial charge in [-0.05, 0) is 87.1 Å². The Morgan fingerprint density at radius 2 is 1.71 bits per heavy atom. The predicted molar refractivity (Wildman–Crippen MR) is 152 cm³/mol. The highest BCUT2D eigenvalue weighted by Gasteiger charge is 2.42. The van der Waals surface area contributed by atoms with E-state index in [2.05, 4.69) is 58.0 Å². The molecule has 0 spiro atoms. The van der Waals surface area contributed by atoms with E-state index in [0.29, 0.717) is 17.3 Å². The zero-order chi connectivity index (χ0) is 26.8. The van der Waals surface area contributed by atoms with Crippen molar-refractivity contribution >= 4 is 28.9 Å². The number of carbonyl (C=O) groups excluding carboxylic acids is 1. The molecule has 1 fully saturated rings. The lowest BCUT2D eigenvalue weighted by atomic mass is 9.93. The Hall–Kier alpha value is -4.04. The van der Waals surface area contributed by atoms with E-state index in [1.54, 1.807) is 18.3 Å². The molecule has 8 heteroatoms. The minimum absolute atomic E-state index is 0.153. The Morgan fingerprint density at radius 1 is 1.00 bits per heavy atom. The number of hydrogen-bond donors (Lipinski definition) is 2. The minimum Gasteiger partial charge on any atom is -0.352 e. The summed E-state index contributed by atoms with van der Waals surface area (Å²) in [5, 5.41) is 6.92. The van der Waals surface area contributed by atoms with E-state index >= 15 is 0 Å². The molecule has 0 unspecified atom stereocenters. The van der Waals surface area contributed by atoms with Gasteiger partial charge in [-0.1, -0.05) is 24.3 Å². The number of hydrogen-bond acceptors (Lipinski definition) is 3. The van der Waals surface area contributed by atoms with Crippen LogP contribution in [0.5, 0.6) is 0 Å². The van der Waals surface area contributed by atoms with Crippen molar-refractivity contribution in [2.75, 3.05) is 11.9 Å². The van der Waals surface area contributed by atoms with Crippen molar-refractivity contribution in [3.05, 3.63) is 113 Å². The highest BCUT2D eigenvalue weighted by molar-refractivity contribution is 7.80. The number of halogens is 1. The van der Waals surface area contributed by atoms with Crippen molar-refractivity contribution in [2.45, 2.75) is 39.3 Å². The second kappa shape index (κ2) is 10.8. The molecule has 2 atom stereocenters. The van der Waals surface area contributed by atoms with Gasteiger partial charge >= 0.3 is 0 Å². The first-order valence-electron chi connectivity index (χ1n) is 12.6. The lowest BCUT2D eigenvalue weighted by Gasteiger charge is -2.29. The number of amides is 1. The summed E-state index contributed by atoms with van der Waals surface area (Å²) in [5.74, 6) is -0.505. The van der Waals surface area contributed by atoms with Gasteiger partial charge in [-0.15, -0.1) is 0 Å². The molecule has 6 nitrogen and oxygen atoms in total. The molecule has 0 radical (unpaired) electrons. The average molecular weight is 528 g/mol. The smallest absolute Gasteiger partial charge is 0.226 e. The van der Waals surface area contributed by atoms with E-state index in [0.717, 1.165) is 22.8 Å². The molecule has 1 aliphatic rings. The number of para-hydroxylation sites is 1. The van der Waals surface area contributed by atoms with Crippen LogP contribution >= 0.6 is 12.2 Å². The van der Waals surface area contributed by atoms with Crippen molar-refractivity contribution in [1.29, 1.82) is 0 Å². The van der Waals surface area contributed by atoms with Gasteiger partial charge in [0.1, 0.15) is 5.82 Å².